The van der Waals surface area contributed by atoms with E-state index >= 15 is 0 Å². The molecule has 3 heterocycles. The van der Waals surface area contributed by atoms with Crippen molar-refractivity contribution < 1.29 is 23.5 Å². The van der Waals surface area contributed by atoms with E-state index in [1.807, 2.05) is 0 Å². The third-order valence-electron chi connectivity index (χ3n) is 6.68. The number of carbonyl (C=O) groups excluding carboxylic acids is 3. The van der Waals surface area contributed by atoms with Gasteiger partial charge in [-0.25, -0.2) is 14.2 Å². The van der Waals surface area contributed by atoms with Gasteiger partial charge in [0.1, 0.15) is 6.17 Å². The molecule has 11 heteroatoms. The van der Waals surface area contributed by atoms with Gasteiger partial charge in [-0.05, 0) is 31.4 Å². The minimum absolute atomic E-state index is 0.0138. The van der Waals surface area contributed by atoms with Crippen molar-refractivity contribution >= 4 is 29.7 Å². The van der Waals surface area contributed by atoms with Crippen molar-refractivity contribution in [3.05, 3.63) is 0 Å². The summed E-state index contributed by atoms with van der Waals surface area (Å²) >= 11 is 1.51. The number of nitrogens with one attached hydrogen (secondary N) is 4. The van der Waals surface area contributed by atoms with E-state index in [0.717, 1.165) is 31.6 Å². The van der Waals surface area contributed by atoms with Gasteiger partial charge < -0.3 is 10.1 Å². The summed E-state index contributed by atoms with van der Waals surface area (Å²) in [5, 5.41) is 10.3. The number of alkyl halides is 1. The van der Waals surface area contributed by atoms with Crippen LogP contribution in [0.5, 0.6) is 0 Å². The number of nitrogens with zero attached hydrogens (tertiary/aromatic N) is 1. The maximum absolute atomic E-state index is 13.9. The molecule has 4 N–H and O–H groups in total. The van der Waals surface area contributed by atoms with Crippen LogP contribution in [0.15, 0.2) is 0 Å². The van der Waals surface area contributed by atoms with E-state index in [9.17, 15) is 18.8 Å². The molecular weight excluding hydrogens is 425 g/mol. The van der Waals surface area contributed by atoms with Crippen LogP contribution < -0.4 is 21.4 Å². The van der Waals surface area contributed by atoms with E-state index < -0.39 is 24.1 Å². The maximum Gasteiger partial charge on any atom is 0.413 e. The quantitative estimate of drug-likeness (QED) is 0.478. The molecule has 1 saturated carbocycles. The summed E-state index contributed by atoms with van der Waals surface area (Å²) < 4.78 is 19.0. The number of ether oxygens (including phenoxy) is 1. The lowest BCUT2D eigenvalue weighted by atomic mass is 9.88. The molecule has 9 nitrogen and oxygen atoms in total. The number of alkyl carbamates (subject to hydrolysis) is 1. The number of thioether (sulfide) groups is 1. The maximum atomic E-state index is 13.9. The third-order valence-corrected chi connectivity index (χ3v) is 7.96. The first-order valence-corrected chi connectivity index (χ1v) is 12.3. The first kappa shape index (κ1) is 22.8. The van der Waals surface area contributed by atoms with Gasteiger partial charge in [-0.15, -0.1) is 11.8 Å². The highest BCUT2D eigenvalue weighted by atomic mass is 32.2. The molecule has 0 bridgehead atoms. The van der Waals surface area contributed by atoms with Crippen molar-refractivity contribution in [1.82, 2.24) is 26.4 Å². The zero-order chi connectivity index (χ0) is 21.8. The number of fused-ring (bicyclic) bond motifs is 1. The van der Waals surface area contributed by atoms with Crippen LogP contribution in [0, 0.1) is 17.8 Å². The minimum Gasteiger partial charge on any atom is -0.449 e. The molecule has 0 spiro atoms. The molecular formula is C20H32FN5O4S. The molecule has 0 radical (unpaired) electrons. The van der Waals surface area contributed by atoms with Crippen LogP contribution in [-0.4, -0.2) is 72.6 Å². The summed E-state index contributed by atoms with van der Waals surface area (Å²) in [6.45, 7) is 2.11. The van der Waals surface area contributed by atoms with E-state index in [1.54, 1.807) is 0 Å². The van der Waals surface area contributed by atoms with E-state index in [4.69, 9.17) is 4.74 Å². The van der Waals surface area contributed by atoms with Crippen LogP contribution in [0.1, 0.15) is 38.5 Å². The van der Waals surface area contributed by atoms with Gasteiger partial charge in [0, 0.05) is 25.6 Å². The van der Waals surface area contributed by atoms with Crippen LogP contribution in [0.2, 0.25) is 0 Å². The van der Waals surface area contributed by atoms with Gasteiger partial charge in [0.15, 0.2) is 0 Å². The van der Waals surface area contributed by atoms with Crippen LogP contribution in [-0.2, 0) is 14.3 Å². The summed E-state index contributed by atoms with van der Waals surface area (Å²) in [5.41, 5.74) is 3.27. The standard InChI is InChI=1S/C20H32FN5O4S/c21-15-4-2-1-3-12(15)11-30-20(29)25-18(28)14-6-8-31-19(14)24-17(27)13-9-22-16-5-7-23-26(16)10-13/h12-16,19,22-23H,1-11H2,(H,24,27)(H,25,28,29). The molecule has 3 aliphatic heterocycles. The fraction of sp³-hybridized carbons (Fsp3) is 0.850. The number of amides is 3. The fourth-order valence-corrected chi connectivity index (χ4v) is 6.13. The van der Waals surface area contributed by atoms with E-state index in [-0.39, 0.29) is 35.9 Å². The fourth-order valence-electron chi connectivity index (χ4n) is 4.79. The second-order valence-corrected chi connectivity index (χ2v) is 10.1. The number of hydrogen-bond donors (Lipinski definition) is 4. The predicted octanol–water partition coefficient (Wildman–Crippen LogP) is 0.719. The monoisotopic (exact) mass is 457 g/mol. The Bertz CT molecular complexity index is 686. The van der Waals surface area contributed by atoms with Gasteiger partial charge in [0.05, 0.1) is 30.0 Å². The highest BCUT2D eigenvalue weighted by Gasteiger charge is 2.39. The first-order chi connectivity index (χ1) is 15.0. The number of hydrazine groups is 1. The number of rotatable bonds is 5. The normalized spacial score (nSPS) is 35.9. The van der Waals surface area contributed by atoms with Crippen molar-refractivity contribution in [2.75, 3.05) is 32.0 Å². The second kappa shape index (κ2) is 10.5. The summed E-state index contributed by atoms with van der Waals surface area (Å²) in [6, 6.07) is 0. The molecule has 174 valence electrons. The smallest absolute Gasteiger partial charge is 0.413 e. The Hall–Kier alpha value is -1.43. The zero-order valence-electron chi connectivity index (χ0n) is 17.6. The van der Waals surface area contributed by atoms with Gasteiger partial charge in [-0.3, -0.25) is 25.6 Å². The van der Waals surface area contributed by atoms with Gasteiger partial charge in [-0.2, -0.15) is 0 Å². The average molecular weight is 458 g/mol. The number of imide groups is 1. The minimum atomic E-state index is -0.955. The summed E-state index contributed by atoms with van der Waals surface area (Å²) in [5.74, 6) is -0.824. The molecule has 31 heavy (non-hydrogen) atoms. The van der Waals surface area contributed by atoms with Crippen LogP contribution in [0.3, 0.4) is 0 Å². The van der Waals surface area contributed by atoms with Crippen molar-refractivity contribution in [3.8, 4) is 0 Å². The lowest BCUT2D eigenvalue weighted by molar-refractivity contribution is -0.128. The van der Waals surface area contributed by atoms with Gasteiger partial charge in [0.2, 0.25) is 11.8 Å². The average Bonchev–Trinajstić information content (AvgIpc) is 3.41. The molecule has 0 aromatic carbocycles. The summed E-state index contributed by atoms with van der Waals surface area (Å²) in [4.78, 5) is 37.4. The molecule has 0 aromatic heterocycles. The number of hydrogen-bond acceptors (Lipinski definition) is 8. The number of carbonyl (C=O) groups is 3. The molecule has 1 aliphatic carbocycles. The van der Waals surface area contributed by atoms with Crippen molar-refractivity contribution in [1.29, 1.82) is 0 Å². The summed E-state index contributed by atoms with van der Waals surface area (Å²) in [7, 11) is 0. The highest BCUT2D eigenvalue weighted by molar-refractivity contribution is 8.00. The van der Waals surface area contributed by atoms with Crippen LogP contribution in [0.25, 0.3) is 0 Å². The topological polar surface area (TPSA) is 112 Å². The Morgan fingerprint density at radius 1 is 1.13 bits per heavy atom. The van der Waals surface area contributed by atoms with Crippen molar-refractivity contribution in [2.45, 2.75) is 56.2 Å². The molecule has 0 aromatic rings. The summed E-state index contributed by atoms with van der Waals surface area (Å²) in [6.07, 6.45) is 3.05. The Kier molecular flexibility index (Phi) is 7.68. The molecule has 6 atom stereocenters. The van der Waals surface area contributed by atoms with E-state index in [1.165, 1.54) is 11.8 Å². The first-order valence-electron chi connectivity index (χ1n) is 11.3. The van der Waals surface area contributed by atoms with Crippen molar-refractivity contribution in [2.24, 2.45) is 17.8 Å². The molecule has 6 unspecified atom stereocenters. The highest BCUT2D eigenvalue weighted by Crippen LogP contribution is 2.31. The van der Waals surface area contributed by atoms with Crippen LogP contribution >= 0.6 is 11.8 Å². The Morgan fingerprint density at radius 3 is 2.81 bits per heavy atom. The SMILES string of the molecule is O=C(NC(=O)C1CCSC1NC(=O)C1CNC2CCNN2C1)OCC1CCCCC1F. The van der Waals surface area contributed by atoms with Crippen LogP contribution in [0.4, 0.5) is 9.18 Å². The zero-order valence-corrected chi connectivity index (χ0v) is 18.4. The molecule has 4 rings (SSSR count). The molecule has 4 fully saturated rings. The van der Waals surface area contributed by atoms with Gasteiger partial charge in [0.25, 0.3) is 0 Å². The van der Waals surface area contributed by atoms with Gasteiger partial charge >= 0.3 is 6.09 Å². The third kappa shape index (κ3) is 5.68. The lowest BCUT2D eigenvalue weighted by Gasteiger charge is -2.35. The largest absolute Gasteiger partial charge is 0.449 e. The second-order valence-electron chi connectivity index (χ2n) is 8.81. The van der Waals surface area contributed by atoms with E-state index in [0.29, 0.717) is 32.4 Å². The Labute approximate surface area is 185 Å². The van der Waals surface area contributed by atoms with Crippen molar-refractivity contribution in [3.63, 3.8) is 0 Å². The van der Waals surface area contributed by atoms with Gasteiger partial charge in [-0.1, -0.05) is 12.8 Å². The van der Waals surface area contributed by atoms with E-state index in [2.05, 4.69) is 26.4 Å². The Balaban J connectivity index is 1.22. The number of halogens is 1. The molecule has 4 aliphatic rings. The predicted molar refractivity (Wildman–Crippen MR) is 113 cm³/mol. The molecule has 3 amide bonds. The Morgan fingerprint density at radius 2 is 1.97 bits per heavy atom. The molecule has 3 saturated heterocycles. The lowest BCUT2D eigenvalue weighted by Crippen LogP contribution is -2.59.